The van der Waals surface area contributed by atoms with Gasteiger partial charge in [0.2, 0.25) is 0 Å². The van der Waals surface area contributed by atoms with Crippen molar-refractivity contribution in [2.45, 2.75) is 45.2 Å². The summed E-state index contributed by atoms with van der Waals surface area (Å²) in [4.78, 5) is 8.94. The van der Waals surface area contributed by atoms with Gasteiger partial charge in [-0.3, -0.25) is 0 Å². The van der Waals surface area contributed by atoms with Crippen LogP contribution in [-0.4, -0.2) is 14.5 Å². The first-order valence-electron chi connectivity index (χ1n) is 6.71. The largest absolute Gasteiger partial charge is 0.321 e. The van der Waals surface area contributed by atoms with E-state index in [1.165, 1.54) is 0 Å². The first-order chi connectivity index (χ1) is 9.27. The number of hydrogen-bond acceptors (Lipinski definition) is 4. The van der Waals surface area contributed by atoms with Crippen molar-refractivity contribution in [1.29, 1.82) is 5.26 Å². The number of aromatic nitrogens is 3. The van der Waals surface area contributed by atoms with Crippen LogP contribution in [0.25, 0.3) is 11.2 Å². The molecule has 5 nitrogen and oxygen atoms in total. The number of aryl methyl sites for hydroxylation is 1. The van der Waals surface area contributed by atoms with Crippen LogP contribution in [0.2, 0.25) is 0 Å². The lowest BCUT2D eigenvalue weighted by Gasteiger charge is -2.12. The van der Waals surface area contributed by atoms with Crippen LogP contribution in [0.3, 0.4) is 0 Å². The number of rotatable bonds is 6. The van der Waals surface area contributed by atoms with E-state index in [1.807, 2.05) is 16.7 Å². The van der Waals surface area contributed by atoms with Crippen LogP contribution in [0.1, 0.15) is 44.5 Å². The number of hydrogen-bond donors (Lipinski definition) is 1. The molecule has 0 aliphatic rings. The van der Waals surface area contributed by atoms with Crippen molar-refractivity contribution >= 4 is 11.2 Å². The highest BCUT2D eigenvalue weighted by Crippen LogP contribution is 2.21. The van der Waals surface area contributed by atoms with Crippen molar-refractivity contribution in [3.63, 3.8) is 0 Å². The van der Waals surface area contributed by atoms with E-state index in [4.69, 9.17) is 11.0 Å². The molecule has 2 heterocycles. The van der Waals surface area contributed by atoms with E-state index in [0.717, 1.165) is 36.3 Å². The van der Waals surface area contributed by atoms with Gasteiger partial charge in [0, 0.05) is 12.7 Å². The first-order valence-corrected chi connectivity index (χ1v) is 6.71. The summed E-state index contributed by atoms with van der Waals surface area (Å²) in [5.74, 6) is 0.845. The van der Waals surface area contributed by atoms with E-state index in [1.54, 1.807) is 6.20 Å². The Kier molecular flexibility index (Phi) is 4.48. The van der Waals surface area contributed by atoms with Crippen LogP contribution < -0.4 is 5.73 Å². The average Bonchev–Trinajstić information content (AvgIpc) is 2.81. The highest BCUT2D eigenvalue weighted by Gasteiger charge is 2.17. The second-order valence-electron chi connectivity index (χ2n) is 4.62. The fourth-order valence-corrected chi connectivity index (χ4v) is 2.19. The van der Waals surface area contributed by atoms with Gasteiger partial charge in [0.25, 0.3) is 0 Å². The second kappa shape index (κ2) is 6.30. The number of imidazole rings is 1. The molecule has 100 valence electrons. The third-order valence-electron chi connectivity index (χ3n) is 3.18. The molecule has 0 unspecified atom stereocenters. The number of pyridine rings is 1. The molecule has 0 fully saturated rings. The normalized spacial score (nSPS) is 12.5. The SMILES string of the molecule is CCCC[C@H](N)c1nc2cccnc2n1CCC#N. The summed E-state index contributed by atoms with van der Waals surface area (Å²) in [6.07, 6.45) is 5.29. The molecule has 0 aromatic carbocycles. The summed E-state index contributed by atoms with van der Waals surface area (Å²) in [6.45, 7) is 2.74. The fourth-order valence-electron chi connectivity index (χ4n) is 2.19. The summed E-state index contributed by atoms with van der Waals surface area (Å²) >= 11 is 0. The molecule has 2 rings (SSSR count). The van der Waals surface area contributed by atoms with Gasteiger partial charge in [0.05, 0.1) is 18.5 Å². The number of nitriles is 1. The molecular formula is C14H19N5. The van der Waals surface area contributed by atoms with Crippen molar-refractivity contribution in [3.8, 4) is 6.07 Å². The highest BCUT2D eigenvalue weighted by atomic mass is 15.1. The van der Waals surface area contributed by atoms with Gasteiger partial charge < -0.3 is 10.3 Å². The van der Waals surface area contributed by atoms with Gasteiger partial charge in [-0.15, -0.1) is 0 Å². The predicted octanol–water partition coefficient (Wildman–Crippen LogP) is 2.53. The van der Waals surface area contributed by atoms with E-state index in [2.05, 4.69) is 23.0 Å². The standard InChI is InChI=1S/C14H19N5/c1-2-3-6-11(16)13-18-12-7-4-9-17-14(12)19(13)10-5-8-15/h4,7,9,11H,2-3,5-6,10,16H2,1H3/t11-/m0/s1. The molecule has 2 N–H and O–H groups in total. The van der Waals surface area contributed by atoms with Gasteiger partial charge in [0.15, 0.2) is 5.65 Å². The molecule has 1 atom stereocenters. The topological polar surface area (TPSA) is 80.5 Å². The Morgan fingerprint density at radius 2 is 2.37 bits per heavy atom. The monoisotopic (exact) mass is 257 g/mol. The van der Waals surface area contributed by atoms with Crippen molar-refractivity contribution in [2.75, 3.05) is 0 Å². The van der Waals surface area contributed by atoms with Crippen LogP contribution >= 0.6 is 0 Å². The summed E-state index contributed by atoms with van der Waals surface area (Å²) in [5.41, 5.74) is 7.89. The Labute approximate surface area is 113 Å². The molecule has 0 aliphatic carbocycles. The quantitative estimate of drug-likeness (QED) is 0.862. The summed E-state index contributed by atoms with van der Waals surface area (Å²) in [7, 11) is 0. The van der Waals surface area contributed by atoms with Crippen molar-refractivity contribution in [3.05, 3.63) is 24.2 Å². The molecule has 2 aromatic heterocycles. The predicted molar refractivity (Wildman–Crippen MR) is 74.2 cm³/mol. The third kappa shape index (κ3) is 2.91. The van der Waals surface area contributed by atoms with Gasteiger partial charge in [-0.1, -0.05) is 19.8 Å². The maximum atomic E-state index is 8.77. The minimum atomic E-state index is -0.0900. The minimum absolute atomic E-state index is 0.0900. The molecule has 0 radical (unpaired) electrons. The van der Waals surface area contributed by atoms with E-state index in [9.17, 15) is 0 Å². The number of nitrogens with two attached hydrogens (primary N) is 1. The lowest BCUT2D eigenvalue weighted by atomic mass is 10.1. The number of fused-ring (bicyclic) bond motifs is 1. The van der Waals surface area contributed by atoms with Crippen molar-refractivity contribution in [1.82, 2.24) is 14.5 Å². The molecule has 5 heteroatoms. The minimum Gasteiger partial charge on any atom is -0.321 e. The zero-order chi connectivity index (χ0) is 13.7. The van der Waals surface area contributed by atoms with Gasteiger partial charge in [-0.2, -0.15) is 5.26 Å². The molecule has 2 aromatic rings. The molecule has 0 aliphatic heterocycles. The molecule has 19 heavy (non-hydrogen) atoms. The maximum Gasteiger partial charge on any atom is 0.160 e. The van der Waals surface area contributed by atoms with E-state index in [-0.39, 0.29) is 6.04 Å². The molecule has 0 saturated carbocycles. The maximum absolute atomic E-state index is 8.77. The third-order valence-corrected chi connectivity index (χ3v) is 3.18. The van der Waals surface area contributed by atoms with Crippen molar-refractivity contribution < 1.29 is 0 Å². The Morgan fingerprint density at radius 1 is 1.53 bits per heavy atom. The Balaban J connectivity index is 2.37. The zero-order valence-electron chi connectivity index (χ0n) is 11.2. The van der Waals surface area contributed by atoms with Gasteiger partial charge in [0.1, 0.15) is 11.3 Å². The Morgan fingerprint density at radius 3 is 3.11 bits per heavy atom. The van der Waals surface area contributed by atoms with Crippen molar-refractivity contribution in [2.24, 2.45) is 5.73 Å². The zero-order valence-corrected chi connectivity index (χ0v) is 11.2. The van der Waals surface area contributed by atoms with Crippen LogP contribution in [0.15, 0.2) is 18.3 Å². The Hall–Kier alpha value is -1.93. The highest BCUT2D eigenvalue weighted by molar-refractivity contribution is 5.71. The molecule has 0 spiro atoms. The molecule has 0 saturated heterocycles. The first kappa shape index (κ1) is 13.5. The second-order valence-corrected chi connectivity index (χ2v) is 4.62. The summed E-state index contributed by atoms with van der Waals surface area (Å²) in [6, 6.07) is 5.87. The summed E-state index contributed by atoms with van der Waals surface area (Å²) < 4.78 is 1.98. The van der Waals surface area contributed by atoms with E-state index < -0.39 is 0 Å². The molecule has 0 amide bonds. The van der Waals surface area contributed by atoms with Gasteiger partial charge in [-0.05, 0) is 18.6 Å². The van der Waals surface area contributed by atoms with E-state index in [0.29, 0.717) is 13.0 Å². The smallest absolute Gasteiger partial charge is 0.160 e. The Bertz CT molecular complexity index is 581. The van der Waals surface area contributed by atoms with Gasteiger partial charge >= 0.3 is 0 Å². The lowest BCUT2D eigenvalue weighted by molar-refractivity contribution is 0.540. The fraction of sp³-hybridized carbons (Fsp3) is 0.500. The van der Waals surface area contributed by atoms with Gasteiger partial charge in [-0.25, -0.2) is 9.97 Å². The summed E-state index contributed by atoms with van der Waals surface area (Å²) in [5, 5.41) is 8.77. The van der Waals surface area contributed by atoms with Crippen LogP contribution in [0, 0.1) is 11.3 Å². The molecule has 0 bridgehead atoms. The number of nitrogens with zero attached hydrogens (tertiary/aromatic N) is 4. The van der Waals surface area contributed by atoms with Crippen LogP contribution in [0.4, 0.5) is 0 Å². The average molecular weight is 257 g/mol. The van der Waals surface area contributed by atoms with Crippen LogP contribution in [-0.2, 0) is 6.54 Å². The number of unbranched alkanes of at least 4 members (excludes halogenated alkanes) is 1. The van der Waals surface area contributed by atoms with E-state index >= 15 is 0 Å². The van der Waals surface area contributed by atoms with Crippen LogP contribution in [0.5, 0.6) is 0 Å². The molecular weight excluding hydrogens is 238 g/mol. The lowest BCUT2D eigenvalue weighted by Crippen LogP contribution is -2.17.